The van der Waals surface area contributed by atoms with Gasteiger partial charge in [0.05, 0.1) is 0 Å². The number of aliphatic carboxylic acids is 1. The van der Waals surface area contributed by atoms with Gasteiger partial charge in [-0.3, -0.25) is 0 Å². The Kier molecular flexibility index (Phi) is 7.42. The molecule has 0 bridgehead atoms. The molecule has 0 aliphatic heterocycles. The topological polar surface area (TPSA) is 124 Å². The number of carboxylic acids is 1. The molecule has 0 fully saturated rings. The first-order valence-corrected chi connectivity index (χ1v) is 11.4. The monoisotopic (exact) mass is 558 g/mol. The van der Waals surface area contributed by atoms with Gasteiger partial charge in [-0.05, 0) is 0 Å². The van der Waals surface area contributed by atoms with Gasteiger partial charge in [-0.1, -0.05) is 0 Å². The molecule has 12 heteroatoms. The molecule has 0 aliphatic carbocycles. The van der Waals surface area contributed by atoms with Gasteiger partial charge in [0.1, 0.15) is 0 Å². The van der Waals surface area contributed by atoms with Crippen LogP contribution in [0, 0.1) is 0 Å². The number of alkyl halides is 3. The number of rotatable bonds is 8. The van der Waals surface area contributed by atoms with Gasteiger partial charge in [-0.25, -0.2) is 0 Å². The van der Waals surface area contributed by atoms with Gasteiger partial charge in [0.15, 0.2) is 0 Å². The first kappa shape index (κ1) is 25.4. The van der Waals surface area contributed by atoms with Crippen molar-refractivity contribution < 1.29 is 32.3 Å². The second kappa shape index (κ2) is 10.5. The normalized spacial score (nSPS) is 13.2. The van der Waals surface area contributed by atoms with E-state index >= 15 is 0 Å². The molecule has 2 atom stereocenters. The number of halogens is 3. The molecular formula is C24H18AsF3N4O4. The molecule has 36 heavy (non-hydrogen) atoms. The predicted molar refractivity (Wildman–Crippen MR) is 124 cm³/mol. The molecule has 0 unspecified atom stereocenters. The third-order valence-corrected chi connectivity index (χ3v) is 5.65. The molecule has 2 aromatic heterocycles. The van der Waals surface area contributed by atoms with E-state index in [2.05, 4.69) is 32.0 Å². The molecule has 8 nitrogen and oxygen atoms in total. The number of hydrogen-bond donors (Lipinski definition) is 2. The number of nitrogens with zero attached hydrogens (tertiary/aromatic N) is 3. The summed E-state index contributed by atoms with van der Waals surface area (Å²) in [6.07, 6.45) is -3.99. The maximum absolute atomic E-state index is 13.9. The van der Waals surface area contributed by atoms with Gasteiger partial charge in [-0.15, -0.1) is 0 Å². The summed E-state index contributed by atoms with van der Waals surface area (Å²) in [6, 6.07) is 12.7. The fraction of sp³-hybridized carbons (Fsp3) is 0.167. The Balaban J connectivity index is 1.58. The maximum atomic E-state index is 13.9. The van der Waals surface area contributed by atoms with E-state index in [1.165, 1.54) is 42.8 Å². The molecular weight excluding hydrogens is 540 g/mol. The van der Waals surface area contributed by atoms with Crippen molar-refractivity contribution in [2.45, 2.75) is 24.7 Å². The van der Waals surface area contributed by atoms with E-state index < -0.39 is 24.3 Å². The molecule has 4 rings (SSSR count). The van der Waals surface area contributed by atoms with Gasteiger partial charge in [-0.2, -0.15) is 0 Å². The SMILES string of the molecule is N[C@@H](Cc1ccc(-c2cc(O[C@@H](c3ccc(-c4cnoc4)cc3)C(F)(F)F)nc([As])n2)cc1)C(=O)O. The van der Waals surface area contributed by atoms with Crippen molar-refractivity contribution in [3.05, 3.63) is 78.2 Å². The molecule has 0 spiro atoms. The van der Waals surface area contributed by atoms with Gasteiger partial charge < -0.3 is 0 Å². The van der Waals surface area contributed by atoms with Gasteiger partial charge in [0, 0.05) is 0 Å². The standard InChI is InChI=1S/C24H18AsF3N4O4/c25-23-31-19(15-3-1-13(2-4-15)9-18(29)22(33)34)10-20(32-23)36-21(24(26,27)28)16-7-5-14(6-8-16)17-11-30-35-12-17/h1-8,10-12,18,21H,9,29H2,(H,33,34)/t18-,21-/m0/s1. The van der Waals surface area contributed by atoms with Crippen LogP contribution in [-0.4, -0.2) is 55.3 Å². The zero-order valence-corrected chi connectivity index (χ0v) is 20.3. The molecule has 2 heterocycles. The van der Waals surface area contributed by atoms with Crippen LogP contribution in [0.15, 0.2) is 71.6 Å². The summed E-state index contributed by atoms with van der Waals surface area (Å²) < 4.78 is 52.1. The summed E-state index contributed by atoms with van der Waals surface area (Å²) >= 11 is 2.07. The van der Waals surface area contributed by atoms with Crippen LogP contribution >= 0.6 is 0 Å². The van der Waals surface area contributed by atoms with Crippen molar-refractivity contribution >= 4 is 27.4 Å². The molecule has 3 N–H and O–H groups in total. The quantitative estimate of drug-likeness (QED) is 0.316. The van der Waals surface area contributed by atoms with E-state index in [-0.39, 0.29) is 22.5 Å². The fourth-order valence-corrected chi connectivity index (χ4v) is 3.85. The van der Waals surface area contributed by atoms with Crippen LogP contribution in [-0.2, 0) is 11.2 Å². The molecule has 2 aromatic carbocycles. The second-order valence-corrected chi connectivity index (χ2v) is 8.65. The fourth-order valence-electron chi connectivity index (χ4n) is 3.42. The second-order valence-electron chi connectivity index (χ2n) is 7.81. The third kappa shape index (κ3) is 6.10. The number of benzene rings is 2. The van der Waals surface area contributed by atoms with E-state index in [4.69, 9.17) is 20.1 Å². The van der Waals surface area contributed by atoms with Crippen molar-refractivity contribution in [1.82, 2.24) is 15.1 Å². The molecule has 0 aliphatic rings. The van der Waals surface area contributed by atoms with Crippen LogP contribution in [0.4, 0.5) is 13.2 Å². The Bertz CT molecular complexity index is 1330. The summed E-state index contributed by atoms with van der Waals surface area (Å²) in [6.45, 7) is 0. The Hall–Kier alpha value is -3.69. The minimum atomic E-state index is -4.71. The van der Waals surface area contributed by atoms with Crippen LogP contribution in [0.1, 0.15) is 17.2 Å². The van der Waals surface area contributed by atoms with Crippen LogP contribution in [0.3, 0.4) is 0 Å². The number of carboxylic acid groups (broad SMARTS) is 1. The average Bonchev–Trinajstić information content (AvgIpc) is 3.37. The van der Waals surface area contributed by atoms with Crippen molar-refractivity contribution in [2.24, 2.45) is 5.73 Å². The van der Waals surface area contributed by atoms with Crippen LogP contribution < -0.4 is 15.1 Å². The van der Waals surface area contributed by atoms with Crippen LogP contribution in [0.25, 0.3) is 22.4 Å². The number of aromatic nitrogens is 3. The number of nitrogens with two attached hydrogens (primary N) is 1. The van der Waals surface area contributed by atoms with Crippen molar-refractivity contribution in [3.63, 3.8) is 0 Å². The molecule has 2 radical (unpaired) electrons. The van der Waals surface area contributed by atoms with E-state index in [1.54, 1.807) is 24.3 Å². The zero-order chi connectivity index (χ0) is 25.9. The Morgan fingerprint density at radius 2 is 1.72 bits per heavy atom. The average molecular weight is 558 g/mol. The minimum absolute atomic E-state index is 0.103. The van der Waals surface area contributed by atoms with E-state index in [1.807, 2.05) is 0 Å². The van der Waals surface area contributed by atoms with Gasteiger partial charge >= 0.3 is 212 Å². The summed E-state index contributed by atoms with van der Waals surface area (Å²) in [5.74, 6) is -1.37. The number of hydrogen-bond acceptors (Lipinski definition) is 7. The molecule has 184 valence electrons. The Morgan fingerprint density at radius 3 is 2.31 bits per heavy atom. The van der Waals surface area contributed by atoms with Crippen molar-refractivity contribution in [3.8, 4) is 28.3 Å². The predicted octanol–water partition coefficient (Wildman–Crippen LogP) is 3.23. The molecule has 0 amide bonds. The molecule has 0 saturated heterocycles. The van der Waals surface area contributed by atoms with E-state index in [9.17, 15) is 18.0 Å². The molecule has 0 saturated carbocycles. The third-order valence-electron chi connectivity index (χ3n) is 5.23. The number of ether oxygens (including phenoxy) is 1. The Morgan fingerprint density at radius 1 is 1.06 bits per heavy atom. The zero-order valence-electron chi connectivity index (χ0n) is 18.4. The molecule has 4 aromatic rings. The Labute approximate surface area is 211 Å². The summed E-state index contributed by atoms with van der Waals surface area (Å²) in [5.41, 5.74) is 8.36. The first-order chi connectivity index (χ1) is 17.1. The van der Waals surface area contributed by atoms with Crippen LogP contribution in [0.5, 0.6) is 5.88 Å². The van der Waals surface area contributed by atoms with Crippen molar-refractivity contribution in [2.75, 3.05) is 0 Å². The van der Waals surface area contributed by atoms with Crippen LogP contribution in [0.2, 0.25) is 0 Å². The first-order valence-electron chi connectivity index (χ1n) is 10.5. The van der Waals surface area contributed by atoms with E-state index in [0.29, 0.717) is 27.9 Å². The number of carbonyl (C=O) groups is 1. The van der Waals surface area contributed by atoms with Gasteiger partial charge in [0.25, 0.3) is 0 Å². The summed E-state index contributed by atoms with van der Waals surface area (Å²) in [7, 11) is 0. The van der Waals surface area contributed by atoms with Crippen molar-refractivity contribution in [1.29, 1.82) is 0 Å². The summed E-state index contributed by atoms with van der Waals surface area (Å²) in [5, 5.41) is 12.6. The van der Waals surface area contributed by atoms with Gasteiger partial charge in [0.2, 0.25) is 0 Å². The summed E-state index contributed by atoms with van der Waals surface area (Å²) in [4.78, 5) is 19.2. The van der Waals surface area contributed by atoms with E-state index in [0.717, 1.165) is 0 Å².